The van der Waals surface area contributed by atoms with Crippen molar-refractivity contribution in [3.05, 3.63) is 35.9 Å². The van der Waals surface area contributed by atoms with E-state index in [0.29, 0.717) is 0 Å². The molecule has 0 saturated carbocycles. The van der Waals surface area contributed by atoms with Gasteiger partial charge in [-0.05, 0) is 31.4 Å². The number of nitrogens with one attached hydrogen (secondary N) is 2. The summed E-state index contributed by atoms with van der Waals surface area (Å²) >= 11 is 0. The number of aliphatic hydroxyl groups is 1. The molecule has 5 heteroatoms. The Kier molecular flexibility index (Phi) is 6.68. The molecule has 0 radical (unpaired) electrons. The Balaban J connectivity index is 1.79. The van der Waals surface area contributed by atoms with Crippen LogP contribution < -0.4 is 10.6 Å². The average molecular weight is 305 g/mol. The maximum Gasteiger partial charge on any atom is 0.315 e. The number of benzene rings is 1. The summed E-state index contributed by atoms with van der Waals surface area (Å²) in [7, 11) is 0. The number of likely N-dealkylation sites (tertiary alicyclic amines) is 1. The summed E-state index contributed by atoms with van der Waals surface area (Å²) in [5, 5.41) is 15.0. The molecule has 2 amide bonds. The van der Waals surface area contributed by atoms with Crippen LogP contribution in [-0.2, 0) is 6.54 Å². The largest absolute Gasteiger partial charge is 0.394 e. The highest BCUT2D eigenvalue weighted by atomic mass is 16.3. The van der Waals surface area contributed by atoms with Gasteiger partial charge in [0, 0.05) is 19.1 Å². The first-order valence-corrected chi connectivity index (χ1v) is 8.15. The number of hydrogen-bond acceptors (Lipinski definition) is 3. The molecule has 122 valence electrons. The molecule has 0 aromatic heterocycles. The Morgan fingerprint density at radius 2 is 2.18 bits per heavy atom. The molecule has 1 aromatic rings. The van der Waals surface area contributed by atoms with Crippen LogP contribution in [0.5, 0.6) is 0 Å². The lowest BCUT2D eigenvalue weighted by Gasteiger charge is -2.33. The van der Waals surface area contributed by atoms with Gasteiger partial charge in [0.05, 0.1) is 12.6 Å². The SMILES string of the molecule is CCC(CO)NC(=O)NC1CCCN(Cc2ccccc2)C1. The first-order valence-electron chi connectivity index (χ1n) is 8.15. The van der Waals surface area contributed by atoms with Crippen molar-refractivity contribution in [3.8, 4) is 0 Å². The Bertz CT molecular complexity index is 448. The first-order chi connectivity index (χ1) is 10.7. The van der Waals surface area contributed by atoms with Crippen LogP contribution in [0.3, 0.4) is 0 Å². The molecule has 2 rings (SSSR count). The van der Waals surface area contributed by atoms with E-state index >= 15 is 0 Å². The predicted octanol–water partition coefficient (Wildman–Crippen LogP) is 1.72. The van der Waals surface area contributed by atoms with E-state index in [-0.39, 0.29) is 24.7 Å². The fourth-order valence-corrected chi connectivity index (χ4v) is 2.85. The smallest absolute Gasteiger partial charge is 0.315 e. The number of aliphatic hydroxyl groups excluding tert-OH is 1. The summed E-state index contributed by atoms with van der Waals surface area (Å²) in [6.45, 7) is 4.80. The van der Waals surface area contributed by atoms with Crippen LogP contribution in [-0.4, -0.2) is 47.8 Å². The van der Waals surface area contributed by atoms with Crippen molar-refractivity contribution in [2.45, 2.75) is 44.8 Å². The highest BCUT2D eigenvalue weighted by molar-refractivity contribution is 5.74. The number of carbonyl (C=O) groups is 1. The van der Waals surface area contributed by atoms with Gasteiger partial charge in [-0.2, -0.15) is 0 Å². The number of carbonyl (C=O) groups excluding carboxylic acids is 1. The normalized spacial score (nSPS) is 20.4. The summed E-state index contributed by atoms with van der Waals surface area (Å²) in [4.78, 5) is 14.3. The summed E-state index contributed by atoms with van der Waals surface area (Å²) < 4.78 is 0. The topological polar surface area (TPSA) is 64.6 Å². The van der Waals surface area contributed by atoms with Crippen LogP contribution in [0.4, 0.5) is 4.79 Å². The fraction of sp³-hybridized carbons (Fsp3) is 0.588. The molecule has 0 spiro atoms. The van der Waals surface area contributed by atoms with E-state index in [9.17, 15) is 4.79 Å². The van der Waals surface area contributed by atoms with Gasteiger partial charge in [-0.3, -0.25) is 4.90 Å². The second-order valence-electron chi connectivity index (χ2n) is 5.97. The zero-order chi connectivity index (χ0) is 15.8. The van der Waals surface area contributed by atoms with E-state index in [0.717, 1.165) is 38.9 Å². The summed E-state index contributed by atoms with van der Waals surface area (Å²) in [6, 6.07) is 10.3. The third-order valence-corrected chi connectivity index (χ3v) is 4.14. The molecule has 1 saturated heterocycles. The molecular weight excluding hydrogens is 278 g/mol. The molecular formula is C17H27N3O2. The minimum absolute atomic E-state index is 0.0191. The number of amides is 2. The third-order valence-electron chi connectivity index (χ3n) is 4.14. The van der Waals surface area contributed by atoms with Gasteiger partial charge in [0.15, 0.2) is 0 Å². The van der Waals surface area contributed by atoms with Crippen LogP contribution in [0, 0.1) is 0 Å². The first kappa shape index (κ1) is 16.8. The molecule has 1 aliphatic rings. The Hall–Kier alpha value is -1.59. The standard InChI is InChI=1S/C17H27N3O2/c1-2-15(13-21)18-17(22)19-16-9-6-10-20(12-16)11-14-7-4-3-5-8-14/h3-5,7-8,15-16,21H,2,6,9-13H2,1H3,(H2,18,19,22). The van der Waals surface area contributed by atoms with Crippen molar-refractivity contribution in [1.29, 1.82) is 0 Å². The van der Waals surface area contributed by atoms with E-state index in [4.69, 9.17) is 5.11 Å². The minimum atomic E-state index is -0.174. The molecule has 1 aromatic carbocycles. The molecule has 22 heavy (non-hydrogen) atoms. The van der Waals surface area contributed by atoms with Crippen LogP contribution >= 0.6 is 0 Å². The number of nitrogens with zero attached hydrogens (tertiary/aromatic N) is 1. The van der Waals surface area contributed by atoms with Gasteiger partial charge in [0.2, 0.25) is 0 Å². The predicted molar refractivity (Wildman–Crippen MR) is 87.6 cm³/mol. The lowest BCUT2D eigenvalue weighted by molar-refractivity contribution is 0.175. The van der Waals surface area contributed by atoms with Gasteiger partial charge in [-0.15, -0.1) is 0 Å². The van der Waals surface area contributed by atoms with Crippen molar-refractivity contribution in [3.63, 3.8) is 0 Å². The third kappa shape index (κ3) is 5.31. The number of urea groups is 1. The molecule has 5 nitrogen and oxygen atoms in total. The van der Waals surface area contributed by atoms with Crippen LogP contribution in [0.1, 0.15) is 31.7 Å². The van der Waals surface area contributed by atoms with E-state index in [1.165, 1.54) is 5.56 Å². The van der Waals surface area contributed by atoms with Gasteiger partial charge in [0.25, 0.3) is 0 Å². The van der Waals surface area contributed by atoms with Gasteiger partial charge < -0.3 is 15.7 Å². The fourth-order valence-electron chi connectivity index (χ4n) is 2.85. The highest BCUT2D eigenvalue weighted by Gasteiger charge is 2.22. The lowest BCUT2D eigenvalue weighted by atomic mass is 10.0. The maximum atomic E-state index is 12.0. The summed E-state index contributed by atoms with van der Waals surface area (Å²) in [6.07, 6.45) is 2.83. The Morgan fingerprint density at radius 1 is 1.41 bits per heavy atom. The molecule has 2 atom stereocenters. The Morgan fingerprint density at radius 3 is 2.86 bits per heavy atom. The van der Waals surface area contributed by atoms with Crippen LogP contribution in [0.25, 0.3) is 0 Å². The van der Waals surface area contributed by atoms with Crippen LogP contribution in [0.2, 0.25) is 0 Å². The zero-order valence-corrected chi connectivity index (χ0v) is 13.3. The van der Waals surface area contributed by atoms with Crippen LogP contribution in [0.15, 0.2) is 30.3 Å². The van der Waals surface area contributed by atoms with E-state index < -0.39 is 0 Å². The van der Waals surface area contributed by atoms with Gasteiger partial charge in [-0.1, -0.05) is 37.3 Å². The van der Waals surface area contributed by atoms with Crippen molar-refractivity contribution in [2.75, 3.05) is 19.7 Å². The number of piperidine rings is 1. The van der Waals surface area contributed by atoms with Crippen molar-refractivity contribution >= 4 is 6.03 Å². The van der Waals surface area contributed by atoms with E-state index in [2.05, 4.69) is 39.8 Å². The van der Waals surface area contributed by atoms with Crippen molar-refractivity contribution in [2.24, 2.45) is 0 Å². The molecule has 2 unspecified atom stereocenters. The minimum Gasteiger partial charge on any atom is -0.394 e. The lowest BCUT2D eigenvalue weighted by Crippen LogP contribution is -2.52. The van der Waals surface area contributed by atoms with Gasteiger partial charge in [0.1, 0.15) is 0 Å². The van der Waals surface area contributed by atoms with E-state index in [1.54, 1.807) is 0 Å². The summed E-state index contributed by atoms with van der Waals surface area (Å²) in [5.41, 5.74) is 1.30. The maximum absolute atomic E-state index is 12.0. The molecule has 0 bridgehead atoms. The average Bonchev–Trinajstić information content (AvgIpc) is 2.54. The molecule has 3 N–H and O–H groups in total. The zero-order valence-electron chi connectivity index (χ0n) is 13.3. The number of rotatable bonds is 6. The molecule has 0 aliphatic carbocycles. The molecule has 1 fully saturated rings. The Labute approximate surface area is 132 Å². The molecule has 1 aliphatic heterocycles. The summed E-state index contributed by atoms with van der Waals surface area (Å²) in [5.74, 6) is 0. The van der Waals surface area contributed by atoms with Gasteiger partial charge >= 0.3 is 6.03 Å². The molecule has 1 heterocycles. The van der Waals surface area contributed by atoms with Gasteiger partial charge in [-0.25, -0.2) is 4.79 Å². The van der Waals surface area contributed by atoms with E-state index in [1.807, 2.05) is 13.0 Å². The monoisotopic (exact) mass is 305 g/mol. The quantitative estimate of drug-likeness (QED) is 0.750. The second kappa shape index (κ2) is 8.76. The highest BCUT2D eigenvalue weighted by Crippen LogP contribution is 2.13. The van der Waals surface area contributed by atoms with Crippen molar-refractivity contribution < 1.29 is 9.90 Å². The number of hydrogen-bond donors (Lipinski definition) is 3. The second-order valence-corrected chi connectivity index (χ2v) is 5.97. The van der Waals surface area contributed by atoms with Crippen molar-refractivity contribution in [1.82, 2.24) is 15.5 Å².